The Morgan fingerprint density at radius 3 is 2.96 bits per heavy atom. The fraction of sp³-hybridized carbons (Fsp3) is 0.250. The van der Waals surface area contributed by atoms with Crippen molar-refractivity contribution in [3.05, 3.63) is 53.8 Å². The van der Waals surface area contributed by atoms with Gasteiger partial charge in [0.15, 0.2) is 10.8 Å². The molecule has 1 aromatic carbocycles. The average molecular weight is 340 g/mol. The van der Waals surface area contributed by atoms with Crippen molar-refractivity contribution in [3.63, 3.8) is 0 Å². The minimum Gasteiger partial charge on any atom is -0.346 e. The lowest BCUT2D eigenvalue weighted by Crippen LogP contribution is -2.37. The highest BCUT2D eigenvalue weighted by molar-refractivity contribution is 7.13. The maximum atomic E-state index is 12.4. The lowest BCUT2D eigenvalue weighted by Gasteiger charge is -2.15. The van der Waals surface area contributed by atoms with E-state index in [1.165, 1.54) is 11.0 Å². The Balaban J connectivity index is 1.40. The van der Waals surface area contributed by atoms with E-state index in [1.807, 2.05) is 35.7 Å². The molecule has 0 radical (unpaired) electrons. The van der Waals surface area contributed by atoms with Gasteiger partial charge in [0, 0.05) is 30.7 Å². The van der Waals surface area contributed by atoms with Crippen molar-refractivity contribution < 1.29 is 4.79 Å². The molecule has 24 heavy (non-hydrogen) atoms. The highest BCUT2D eigenvalue weighted by atomic mass is 32.1. The molecule has 0 bridgehead atoms. The summed E-state index contributed by atoms with van der Waals surface area (Å²) in [5.74, 6) is -0.192. The topological polar surface area (TPSA) is 75.9 Å². The predicted molar refractivity (Wildman–Crippen MR) is 91.6 cm³/mol. The summed E-state index contributed by atoms with van der Waals surface area (Å²) in [5, 5.41) is 14.4. The van der Waals surface area contributed by atoms with Crippen LogP contribution in [0.3, 0.4) is 0 Å². The van der Waals surface area contributed by atoms with Gasteiger partial charge in [-0.2, -0.15) is 9.90 Å². The molecular formula is C16H16N6OS. The minimum absolute atomic E-state index is 0.100. The van der Waals surface area contributed by atoms with Crippen molar-refractivity contribution in [2.75, 3.05) is 18.0 Å². The van der Waals surface area contributed by atoms with Gasteiger partial charge in [-0.25, -0.2) is 4.98 Å². The third-order valence-electron chi connectivity index (χ3n) is 3.92. The molecule has 3 aromatic rings. The molecule has 7 nitrogen and oxygen atoms in total. The molecule has 1 amide bonds. The number of nitrogens with zero attached hydrogens (tertiary/aromatic N) is 5. The molecule has 2 aromatic heterocycles. The van der Waals surface area contributed by atoms with Gasteiger partial charge >= 0.3 is 0 Å². The smallest absolute Gasteiger partial charge is 0.273 e. The quantitative estimate of drug-likeness (QED) is 0.783. The van der Waals surface area contributed by atoms with Gasteiger partial charge in [-0.3, -0.25) is 4.79 Å². The molecule has 1 aliphatic rings. The second-order valence-electron chi connectivity index (χ2n) is 5.57. The molecule has 0 spiro atoms. The fourth-order valence-electron chi connectivity index (χ4n) is 2.74. The summed E-state index contributed by atoms with van der Waals surface area (Å²) >= 11 is 1.61. The van der Waals surface area contributed by atoms with Crippen LogP contribution >= 0.6 is 11.3 Å². The number of hydrogen-bond acceptors (Lipinski definition) is 6. The van der Waals surface area contributed by atoms with Crippen molar-refractivity contribution in [3.8, 4) is 5.69 Å². The summed E-state index contributed by atoms with van der Waals surface area (Å²) in [6.45, 7) is 1.67. The first-order valence-electron chi connectivity index (χ1n) is 7.73. The highest BCUT2D eigenvalue weighted by Crippen LogP contribution is 2.22. The van der Waals surface area contributed by atoms with Crippen molar-refractivity contribution in [2.24, 2.45) is 0 Å². The molecule has 4 rings (SSSR count). The van der Waals surface area contributed by atoms with Crippen LogP contribution in [0.4, 0.5) is 5.13 Å². The lowest BCUT2D eigenvalue weighted by atomic mass is 10.2. The van der Waals surface area contributed by atoms with E-state index in [4.69, 9.17) is 0 Å². The van der Waals surface area contributed by atoms with Crippen molar-refractivity contribution in [2.45, 2.75) is 12.5 Å². The van der Waals surface area contributed by atoms with Gasteiger partial charge < -0.3 is 10.2 Å². The van der Waals surface area contributed by atoms with E-state index in [2.05, 4.69) is 25.4 Å². The third kappa shape index (κ3) is 3.00. The summed E-state index contributed by atoms with van der Waals surface area (Å²) in [5.41, 5.74) is 1.15. The van der Waals surface area contributed by atoms with Gasteiger partial charge in [-0.05, 0) is 18.6 Å². The summed E-state index contributed by atoms with van der Waals surface area (Å²) in [6.07, 6.45) is 4.20. The Bertz CT molecular complexity index is 816. The predicted octanol–water partition coefficient (Wildman–Crippen LogP) is 1.73. The van der Waals surface area contributed by atoms with Gasteiger partial charge in [0.1, 0.15) is 0 Å². The molecule has 3 heterocycles. The van der Waals surface area contributed by atoms with Crippen LogP contribution < -0.4 is 10.2 Å². The zero-order chi connectivity index (χ0) is 16.4. The first kappa shape index (κ1) is 14.8. The van der Waals surface area contributed by atoms with Crippen LogP contribution in [0.25, 0.3) is 5.69 Å². The van der Waals surface area contributed by atoms with Gasteiger partial charge in [0.05, 0.1) is 11.9 Å². The monoisotopic (exact) mass is 340 g/mol. The van der Waals surface area contributed by atoms with Crippen molar-refractivity contribution in [1.29, 1.82) is 0 Å². The number of nitrogens with one attached hydrogen (secondary N) is 1. The number of amides is 1. The molecule has 1 atom stereocenters. The molecule has 1 saturated heterocycles. The van der Waals surface area contributed by atoms with Crippen LogP contribution in [0.2, 0.25) is 0 Å². The molecule has 1 aliphatic heterocycles. The van der Waals surface area contributed by atoms with E-state index >= 15 is 0 Å². The number of anilines is 1. The van der Waals surface area contributed by atoms with Crippen LogP contribution in [-0.4, -0.2) is 45.0 Å². The fourth-order valence-corrected chi connectivity index (χ4v) is 3.42. The van der Waals surface area contributed by atoms with Crippen LogP contribution in [0.1, 0.15) is 16.9 Å². The molecule has 1 N–H and O–H groups in total. The van der Waals surface area contributed by atoms with Crippen LogP contribution in [-0.2, 0) is 0 Å². The number of rotatable bonds is 4. The Kier molecular flexibility index (Phi) is 3.96. The molecule has 0 aliphatic carbocycles. The zero-order valence-electron chi connectivity index (χ0n) is 12.9. The summed E-state index contributed by atoms with van der Waals surface area (Å²) in [6, 6.07) is 9.63. The summed E-state index contributed by atoms with van der Waals surface area (Å²) < 4.78 is 0. The summed E-state index contributed by atoms with van der Waals surface area (Å²) in [7, 11) is 0. The van der Waals surface area contributed by atoms with Crippen LogP contribution in [0.5, 0.6) is 0 Å². The molecule has 0 unspecified atom stereocenters. The van der Waals surface area contributed by atoms with E-state index in [0.29, 0.717) is 5.69 Å². The second kappa shape index (κ2) is 6.40. The maximum Gasteiger partial charge on any atom is 0.273 e. The number of hydrogen-bond donors (Lipinski definition) is 1. The van der Waals surface area contributed by atoms with E-state index in [-0.39, 0.29) is 11.9 Å². The van der Waals surface area contributed by atoms with Crippen molar-refractivity contribution in [1.82, 2.24) is 25.3 Å². The van der Waals surface area contributed by atoms with E-state index in [1.54, 1.807) is 17.5 Å². The molecule has 122 valence electrons. The number of aromatic nitrogens is 4. The number of thiazole rings is 1. The first-order valence-corrected chi connectivity index (χ1v) is 8.60. The average Bonchev–Trinajstić information content (AvgIpc) is 3.36. The SMILES string of the molecule is O=C(N[C@@H]1CCN(c2nccs2)C1)c1cnn(-c2ccccc2)n1. The van der Waals surface area contributed by atoms with Gasteiger partial charge in [0.25, 0.3) is 5.91 Å². The van der Waals surface area contributed by atoms with Crippen LogP contribution in [0.15, 0.2) is 48.1 Å². The molecule has 1 fully saturated rings. The van der Waals surface area contributed by atoms with Crippen LogP contribution in [0, 0.1) is 0 Å². The standard InChI is InChI=1S/C16H16N6OS/c23-15(14-10-18-22(20-14)13-4-2-1-3-5-13)19-12-6-8-21(11-12)16-17-7-9-24-16/h1-5,7,9-10,12H,6,8,11H2,(H,19,23)/t12-/m1/s1. The molecular weight excluding hydrogens is 324 g/mol. The molecule has 0 saturated carbocycles. The minimum atomic E-state index is -0.192. The largest absolute Gasteiger partial charge is 0.346 e. The number of carbonyl (C=O) groups is 1. The Labute approximate surface area is 142 Å². The summed E-state index contributed by atoms with van der Waals surface area (Å²) in [4.78, 5) is 20.3. The van der Waals surface area contributed by atoms with Gasteiger partial charge in [-0.15, -0.1) is 16.4 Å². The normalized spacial score (nSPS) is 17.2. The Morgan fingerprint density at radius 2 is 2.17 bits per heavy atom. The maximum absolute atomic E-state index is 12.4. The Hall–Kier alpha value is -2.74. The zero-order valence-corrected chi connectivity index (χ0v) is 13.7. The van der Waals surface area contributed by atoms with Gasteiger partial charge in [-0.1, -0.05) is 18.2 Å². The number of benzene rings is 1. The lowest BCUT2D eigenvalue weighted by molar-refractivity contribution is 0.0935. The van der Waals surface area contributed by atoms with Gasteiger partial charge in [0.2, 0.25) is 0 Å². The third-order valence-corrected chi connectivity index (χ3v) is 4.76. The first-order chi connectivity index (χ1) is 11.8. The van der Waals surface area contributed by atoms with E-state index in [9.17, 15) is 4.79 Å². The highest BCUT2D eigenvalue weighted by Gasteiger charge is 2.26. The van der Waals surface area contributed by atoms with E-state index < -0.39 is 0 Å². The molecule has 8 heteroatoms. The van der Waals surface area contributed by atoms with Crippen molar-refractivity contribution >= 4 is 22.4 Å². The number of para-hydroxylation sites is 1. The van der Waals surface area contributed by atoms with E-state index in [0.717, 1.165) is 30.3 Å². The number of carbonyl (C=O) groups excluding carboxylic acids is 1. The second-order valence-corrected chi connectivity index (χ2v) is 6.45. The Morgan fingerprint density at radius 1 is 1.29 bits per heavy atom.